The van der Waals surface area contributed by atoms with Crippen LogP contribution in [0.5, 0.6) is 0 Å². The predicted octanol–water partition coefficient (Wildman–Crippen LogP) is 3.06. The first-order chi connectivity index (χ1) is 8.61. The molecule has 0 heterocycles. The van der Waals surface area contributed by atoms with Crippen LogP contribution in [-0.2, 0) is 4.74 Å². The van der Waals surface area contributed by atoms with E-state index in [1.807, 2.05) is 25.1 Å². The van der Waals surface area contributed by atoms with Gasteiger partial charge in [-0.3, -0.25) is 0 Å². The molecular formula is C13H17BrN2OS. The molecule has 0 aromatic heterocycles. The summed E-state index contributed by atoms with van der Waals surface area (Å²) in [6.45, 7) is 2.81. The summed E-state index contributed by atoms with van der Waals surface area (Å²) < 4.78 is 6.48. The Hall–Kier alpha value is -0.650. The molecule has 0 atom stereocenters. The van der Waals surface area contributed by atoms with Gasteiger partial charge in [-0.15, -0.1) is 0 Å². The molecule has 1 fully saturated rings. The number of thiocarbonyl (C=S) groups is 1. The molecule has 0 aliphatic heterocycles. The average Bonchev–Trinajstić information content (AvgIpc) is 2.25. The van der Waals surface area contributed by atoms with Crippen molar-refractivity contribution in [2.45, 2.75) is 31.9 Å². The van der Waals surface area contributed by atoms with Crippen molar-refractivity contribution in [2.75, 3.05) is 11.9 Å². The largest absolute Gasteiger partial charge is 0.389 e. The van der Waals surface area contributed by atoms with Gasteiger partial charge in [0.15, 0.2) is 0 Å². The van der Waals surface area contributed by atoms with Gasteiger partial charge in [0.25, 0.3) is 0 Å². The molecule has 1 aliphatic rings. The third kappa shape index (κ3) is 3.02. The van der Waals surface area contributed by atoms with E-state index in [1.165, 1.54) is 0 Å². The van der Waals surface area contributed by atoms with Gasteiger partial charge in [0.2, 0.25) is 0 Å². The zero-order chi connectivity index (χ0) is 13.1. The first kappa shape index (κ1) is 13.8. The van der Waals surface area contributed by atoms with Crippen molar-refractivity contribution in [3.8, 4) is 0 Å². The van der Waals surface area contributed by atoms with Gasteiger partial charge in [-0.25, -0.2) is 0 Å². The number of halogens is 1. The fraction of sp³-hybridized carbons (Fsp3) is 0.462. The second-order valence-electron chi connectivity index (χ2n) is 4.42. The summed E-state index contributed by atoms with van der Waals surface area (Å²) in [5, 5.41) is 3.48. The van der Waals surface area contributed by atoms with Crippen molar-refractivity contribution in [3.63, 3.8) is 0 Å². The topological polar surface area (TPSA) is 47.3 Å². The Morgan fingerprint density at radius 2 is 2.28 bits per heavy atom. The van der Waals surface area contributed by atoms with Gasteiger partial charge in [-0.05, 0) is 47.8 Å². The zero-order valence-corrected chi connectivity index (χ0v) is 12.7. The Kier molecular flexibility index (Phi) is 4.59. The minimum atomic E-state index is 0.396. The molecule has 1 aromatic rings. The molecule has 2 rings (SSSR count). The zero-order valence-electron chi connectivity index (χ0n) is 10.3. The van der Waals surface area contributed by atoms with Crippen LogP contribution in [0.25, 0.3) is 0 Å². The van der Waals surface area contributed by atoms with Gasteiger partial charge < -0.3 is 15.8 Å². The Morgan fingerprint density at radius 1 is 1.56 bits per heavy atom. The van der Waals surface area contributed by atoms with E-state index in [1.54, 1.807) is 0 Å². The molecule has 0 unspecified atom stereocenters. The molecule has 3 N–H and O–H groups in total. The summed E-state index contributed by atoms with van der Waals surface area (Å²) in [5.41, 5.74) is 7.64. The molecule has 0 spiro atoms. The smallest absolute Gasteiger partial charge is 0.107 e. The fourth-order valence-corrected chi connectivity index (χ4v) is 3.10. The summed E-state index contributed by atoms with van der Waals surface area (Å²) in [6, 6.07) is 6.38. The molecule has 98 valence electrons. The number of hydrogen-bond donors (Lipinski definition) is 2. The van der Waals surface area contributed by atoms with Crippen molar-refractivity contribution < 1.29 is 4.74 Å². The number of benzene rings is 1. The Morgan fingerprint density at radius 3 is 2.89 bits per heavy atom. The van der Waals surface area contributed by atoms with E-state index >= 15 is 0 Å². The van der Waals surface area contributed by atoms with Gasteiger partial charge in [-0.1, -0.05) is 18.3 Å². The highest BCUT2D eigenvalue weighted by Gasteiger charge is 2.30. The number of nitrogens with one attached hydrogen (secondary N) is 1. The Balaban J connectivity index is 2.02. The number of rotatable bonds is 5. The van der Waals surface area contributed by atoms with Gasteiger partial charge in [0.1, 0.15) is 4.99 Å². The van der Waals surface area contributed by atoms with Crippen LogP contribution in [0.15, 0.2) is 22.7 Å². The molecule has 18 heavy (non-hydrogen) atoms. The van der Waals surface area contributed by atoms with E-state index in [-0.39, 0.29) is 0 Å². The lowest BCUT2D eigenvalue weighted by Crippen LogP contribution is -2.41. The number of anilines is 1. The van der Waals surface area contributed by atoms with E-state index < -0.39 is 0 Å². The number of nitrogens with two attached hydrogens (primary N) is 1. The first-order valence-electron chi connectivity index (χ1n) is 6.08. The van der Waals surface area contributed by atoms with Crippen molar-refractivity contribution in [1.29, 1.82) is 0 Å². The van der Waals surface area contributed by atoms with Gasteiger partial charge in [0, 0.05) is 28.4 Å². The van der Waals surface area contributed by atoms with Crippen LogP contribution in [-0.4, -0.2) is 23.7 Å². The van der Waals surface area contributed by atoms with Gasteiger partial charge in [-0.2, -0.15) is 0 Å². The maximum absolute atomic E-state index is 5.76. The molecule has 0 amide bonds. The van der Waals surface area contributed by atoms with Crippen molar-refractivity contribution in [2.24, 2.45) is 5.73 Å². The molecular weight excluding hydrogens is 312 g/mol. The molecule has 0 bridgehead atoms. The summed E-state index contributed by atoms with van der Waals surface area (Å²) in [7, 11) is 0. The Labute approximate surface area is 121 Å². The second kappa shape index (κ2) is 5.99. The number of ether oxygens (including phenoxy) is 1. The van der Waals surface area contributed by atoms with Crippen LogP contribution < -0.4 is 11.1 Å². The van der Waals surface area contributed by atoms with Crippen LogP contribution in [0.2, 0.25) is 0 Å². The van der Waals surface area contributed by atoms with Crippen LogP contribution >= 0.6 is 28.1 Å². The minimum Gasteiger partial charge on any atom is -0.389 e. The predicted molar refractivity (Wildman–Crippen MR) is 82.1 cm³/mol. The van der Waals surface area contributed by atoms with Gasteiger partial charge >= 0.3 is 0 Å². The van der Waals surface area contributed by atoms with E-state index in [9.17, 15) is 0 Å². The lowest BCUT2D eigenvalue weighted by atomic mass is 9.89. The lowest BCUT2D eigenvalue weighted by molar-refractivity contribution is 0.00299. The van der Waals surface area contributed by atoms with Crippen LogP contribution in [0.3, 0.4) is 0 Å². The van der Waals surface area contributed by atoms with Crippen LogP contribution in [0.1, 0.15) is 25.3 Å². The Bertz CT molecular complexity index is 447. The fourth-order valence-electron chi connectivity index (χ4n) is 2.17. The SMILES string of the molecule is CCOC1CC(Nc2cccc(Br)c2C(N)=S)C1. The third-order valence-electron chi connectivity index (χ3n) is 3.12. The average molecular weight is 329 g/mol. The molecule has 1 aliphatic carbocycles. The highest BCUT2D eigenvalue weighted by atomic mass is 79.9. The lowest BCUT2D eigenvalue weighted by Gasteiger charge is -2.36. The molecule has 5 heteroatoms. The second-order valence-corrected chi connectivity index (χ2v) is 5.71. The summed E-state index contributed by atoms with van der Waals surface area (Å²) >= 11 is 8.57. The van der Waals surface area contributed by atoms with E-state index in [0.717, 1.165) is 35.2 Å². The molecule has 0 radical (unpaired) electrons. The first-order valence-corrected chi connectivity index (χ1v) is 7.28. The number of hydrogen-bond acceptors (Lipinski definition) is 3. The summed E-state index contributed by atoms with van der Waals surface area (Å²) in [6.07, 6.45) is 2.47. The maximum atomic E-state index is 5.76. The third-order valence-corrected chi connectivity index (χ3v) is 3.98. The molecule has 1 aromatic carbocycles. The minimum absolute atomic E-state index is 0.396. The van der Waals surface area contributed by atoms with Crippen molar-refractivity contribution in [1.82, 2.24) is 0 Å². The normalized spacial score (nSPS) is 22.3. The van der Waals surface area contributed by atoms with Crippen molar-refractivity contribution >= 4 is 38.8 Å². The van der Waals surface area contributed by atoms with E-state index in [2.05, 4.69) is 21.2 Å². The highest BCUT2D eigenvalue weighted by molar-refractivity contribution is 9.10. The summed E-state index contributed by atoms with van der Waals surface area (Å²) in [5.74, 6) is 0. The molecule has 3 nitrogen and oxygen atoms in total. The van der Waals surface area contributed by atoms with Crippen molar-refractivity contribution in [3.05, 3.63) is 28.2 Å². The molecule has 1 saturated carbocycles. The summed E-state index contributed by atoms with van der Waals surface area (Å²) in [4.78, 5) is 0.408. The van der Waals surface area contributed by atoms with Gasteiger partial charge in [0.05, 0.1) is 6.10 Å². The standard InChI is InChI=1S/C13H17BrN2OS/c1-2-17-9-6-8(7-9)16-11-5-3-4-10(14)12(11)13(15)18/h3-5,8-9,16H,2,6-7H2,1H3,(H2,15,18). The van der Waals surface area contributed by atoms with E-state index in [0.29, 0.717) is 17.1 Å². The van der Waals surface area contributed by atoms with E-state index in [4.69, 9.17) is 22.7 Å². The maximum Gasteiger partial charge on any atom is 0.107 e. The monoisotopic (exact) mass is 328 g/mol. The quantitative estimate of drug-likeness (QED) is 0.815. The van der Waals surface area contributed by atoms with Crippen LogP contribution in [0.4, 0.5) is 5.69 Å². The van der Waals surface area contributed by atoms with Crippen LogP contribution in [0, 0.1) is 0 Å². The highest BCUT2D eigenvalue weighted by Crippen LogP contribution is 2.30. The molecule has 0 saturated heterocycles.